The number of carbonyl (C=O) groups excluding carboxylic acids is 4. The average Bonchev–Trinajstić information content (AvgIpc) is 2.48. The molecule has 0 spiro atoms. The zero-order chi connectivity index (χ0) is 20.2. The van der Waals surface area contributed by atoms with Crippen molar-refractivity contribution in [3.63, 3.8) is 0 Å². The smallest absolute Gasteiger partial charge is 0.140 e. The van der Waals surface area contributed by atoms with Crippen LogP contribution in [0.2, 0.25) is 0 Å². The molecule has 4 heteroatoms. The summed E-state index contributed by atoms with van der Waals surface area (Å²) in [6.07, 6.45) is 0.679. The fourth-order valence-electron chi connectivity index (χ4n) is 3.05. The molecule has 4 nitrogen and oxygen atoms in total. The summed E-state index contributed by atoms with van der Waals surface area (Å²) in [7, 11) is 0. The number of hydrogen-bond acceptors (Lipinski definition) is 4. The summed E-state index contributed by atoms with van der Waals surface area (Å²) in [5.41, 5.74) is 2.69. The van der Waals surface area contributed by atoms with Crippen molar-refractivity contribution in [3.05, 3.63) is 34.9 Å². The molecule has 0 atom stereocenters. The van der Waals surface area contributed by atoms with Crippen LogP contribution in [0.1, 0.15) is 65.2 Å². The molecule has 0 heterocycles. The van der Waals surface area contributed by atoms with E-state index in [2.05, 4.69) is 20.8 Å². The van der Waals surface area contributed by atoms with E-state index in [1.54, 1.807) is 0 Å². The van der Waals surface area contributed by atoms with E-state index >= 15 is 0 Å². The van der Waals surface area contributed by atoms with Gasteiger partial charge >= 0.3 is 0 Å². The molecular weight excluding hydrogens is 328 g/mol. The standard InChI is InChI=1S/C22H30O4/c1-13(23)20(14(2)24)11-17-8-18(10-19(9-17)22(5,6)7)12-21(15(3)25)16(4)26/h8-10,20-21H,11-12H2,1-7H3. The van der Waals surface area contributed by atoms with Crippen molar-refractivity contribution in [3.8, 4) is 0 Å². The van der Waals surface area contributed by atoms with Crippen molar-refractivity contribution in [2.24, 2.45) is 11.8 Å². The Morgan fingerprint density at radius 3 is 1.23 bits per heavy atom. The Hall–Kier alpha value is -2.10. The van der Waals surface area contributed by atoms with Crippen LogP contribution in [0.3, 0.4) is 0 Å². The molecule has 0 aromatic heterocycles. The largest absolute Gasteiger partial charge is 0.299 e. The summed E-state index contributed by atoms with van der Waals surface area (Å²) in [6.45, 7) is 12.0. The predicted molar refractivity (Wildman–Crippen MR) is 102 cm³/mol. The van der Waals surface area contributed by atoms with E-state index in [9.17, 15) is 19.2 Å². The van der Waals surface area contributed by atoms with E-state index in [-0.39, 0.29) is 28.5 Å². The van der Waals surface area contributed by atoms with E-state index in [0.29, 0.717) is 12.8 Å². The lowest BCUT2D eigenvalue weighted by atomic mass is 9.81. The number of hydrogen-bond donors (Lipinski definition) is 0. The van der Waals surface area contributed by atoms with Gasteiger partial charge in [-0.2, -0.15) is 0 Å². The van der Waals surface area contributed by atoms with Crippen LogP contribution in [0, 0.1) is 11.8 Å². The van der Waals surface area contributed by atoms with Crippen LogP contribution in [0.25, 0.3) is 0 Å². The van der Waals surface area contributed by atoms with Gasteiger partial charge in [-0.05, 0) is 62.6 Å². The summed E-state index contributed by atoms with van der Waals surface area (Å²) < 4.78 is 0. The molecule has 0 aliphatic heterocycles. The van der Waals surface area contributed by atoms with Gasteiger partial charge in [0.05, 0.1) is 11.8 Å². The molecule has 1 aromatic carbocycles. The van der Waals surface area contributed by atoms with E-state index in [1.807, 2.05) is 18.2 Å². The van der Waals surface area contributed by atoms with Gasteiger partial charge in [0.25, 0.3) is 0 Å². The summed E-state index contributed by atoms with van der Waals surface area (Å²) >= 11 is 0. The molecule has 0 unspecified atom stereocenters. The lowest BCUT2D eigenvalue weighted by molar-refractivity contribution is -0.131. The highest BCUT2D eigenvalue weighted by molar-refractivity contribution is 6.01. The van der Waals surface area contributed by atoms with Crippen LogP contribution in [0.15, 0.2) is 18.2 Å². The third-order valence-electron chi connectivity index (χ3n) is 4.76. The van der Waals surface area contributed by atoms with Crippen molar-refractivity contribution >= 4 is 23.1 Å². The molecule has 0 N–H and O–H groups in total. The molecule has 0 bridgehead atoms. The third-order valence-corrected chi connectivity index (χ3v) is 4.76. The number of Topliss-reactive ketones (excluding diaryl/α,β-unsaturated/α-hetero) is 4. The maximum Gasteiger partial charge on any atom is 0.140 e. The fourth-order valence-corrected chi connectivity index (χ4v) is 3.05. The molecule has 0 saturated heterocycles. The normalized spacial score (nSPS) is 11.7. The first kappa shape index (κ1) is 21.9. The molecule has 0 radical (unpaired) electrons. The molecule has 0 fully saturated rings. The Labute approximate surface area is 156 Å². The molecule has 0 amide bonds. The van der Waals surface area contributed by atoms with Crippen LogP contribution >= 0.6 is 0 Å². The first-order chi connectivity index (χ1) is 11.8. The second-order valence-electron chi connectivity index (χ2n) is 8.24. The van der Waals surface area contributed by atoms with Gasteiger partial charge in [0.1, 0.15) is 23.1 Å². The van der Waals surface area contributed by atoms with Crippen LogP contribution in [0.4, 0.5) is 0 Å². The van der Waals surface area contributed by atoms with Gasteiger partial charge in [-0.1, -0.05) is 39.0 Å². The molecule has 0 aliphatic rings. The van der Waals surface area contributed by atoms with Crippen LogP contribution in [-0.2, 0) is 37.4 Å². The zero-order valence-electron chi connectivity index (χ0n) is 16.9. The Morgan fingerprint density at radius 1 is 0.692 bits per heavy atom. The Balaban J connectivity index is 3.35. The minimum absolute atomic E-state index is 0.130. The number of ketones is 4. The summed E-state index contributed by atoms with van der Waals surface area (Å²) in [6, 6.07) is 5.94. The first-order valence-electron chi connectivity index (χ1n) is 8.98. The highest BCUT2D eigenvalue weighted by Gasteiger charge is 2.24. The van der Waals surface area contributed by atoms with Crippen LogP contribution in [0.5, 0.6) is 0 Å². The number of carbonyl (C=O) groups is 4. The number of rotatable bonds is 8. The summed E-state index contributed by atoms with van der Waals surface area (Å²) in [5, 5.41) is 0. The Bertz CT molecular complexity index is 642. The van der Waals surface area contributed by atoms with Crippen molar-refractivity contribution in [2.45, 2.75) is 66.7 Å². The van der Waals surface area contributed by atoms with Gasteiger partial charge in [0.2, 0.25) is 0 Å². The Kier molecular flexibility index (Phi) is 7.19. The van der Waals surface area contributed by atoms with Gasteiger partial charge in [-0.25, -0.2) is 0 Å². The second kappa shape index (κ2) is 8.52. The summed E-state index contributed by atoms with van der Waals surface area (Å²) in [4.78, 5) is 47.2. The fraction of sp³-hybridized carbons (Fsp3) is 0.545. The third kappa shape index (κ3) is 6.01. The Morgan fingerprint density at radius 2 is 1.00 bits per heavy atom. The monoisotopic (exact) mass is 358 g/mol. The van der Waals surface area contributed by atoms with Crippen molar-refractivity contribution in [1.29, 1.82) is 0 Å². The maximum atomic E-state index is 11.8. The highest BCUT2D eigenvalue weighted by atomic mass is 16.2. The van der Waals surface area contributed by atoms with Gasteiger partial charge in [-0.15, -0.1) is 0 Å². The predicted octanol–water partition coefficient (Wildman–Crippen LogP) is 3.66. The SMILES string of the molecule is CC(=O)C(Cc1cc(CC(C(C)=O)C(C)=O)cc(C(C)(C)C)c1)C(C)=O. The average molecular weight is 358 g/mol. The van der Waals surface area contributed by atoms with Gasteiger partial charge in [0, 0.05) is 0 Å². The number of benzene rings is 1. The second-order valence-corrected chi connectivity index (χ2v) is 8.24. The van der Waals surface area contributed by atoms with E-state index in [1.165, 1.54) is 27.7 Å². The van der Waals surface area contributed by atoms with Crippen molar-refractivity contribution < 1.29 is 19.2 Å². The van der Waals surface area contributed by atoms with Crippen molar-refractivity contribution in [2.75, 3.05) is 0 Å². The highest BCUT2D eigenvalue weighted by Crippen LogP contribution is 2.27. The molecule has 142 valence electrons. The van der Waals surface area contributed by atoms with E-state index in [0.717, 1.165) is 16.7 Å². The quantitative estimate of drug-likeness (QED) is 0.665. The minimum atomic E-state index is -0.658. The van der Waals surface area contributed by atoms with E-state index < -0.39 is 11.8 Å². The summed E-state index contributed by atoms with van der Waals surface area (Å²) in [5.74, 6) is -1.91. The minimum Gasteiger partial charge on any atom is -0.299 e. The van der Waals surface area contributed by atoms with Gasteiger partial charge in [-0.3, -0.25) is 19.2 Å². The lowest BCUT2D eigenvalue weighted by Gasteiger charge is -2.23. The molecule has 1 rings (SSSR count). The van der Waals surface area contributed by atoms with Gasteiger partial charge < -0.3 is 0 Å². The van der Waals surface area contributed by atoms with Gasteiger partial charge in [0.15, 0.2) is 0 Å². The topological polar surface area (TPSA) is 68.3 Å². The molecule has 1 aromatic rings. The zero-order valence-corrected chi connectivity index (χ0v) is 16.9. The molecule has 0 aliphatic carbocycles. The molecular formula is C22H30O4. The molecule has 26 heavy (non-hydrogen) atoms. The molecule has 0 saturated carbocycles. The first-order valence-corrected chi connectivity index (χ1v) is 8.98. The lowest BCUT2D eigenvalue weighted by Crippen LogP contribution is -2.24. The van der Waals surface area contributed by atoms with Crippen molar-refractivity contribution in [1.82, 2.24) is 0 Å². The van der Waals surface area contributed by atoms with Crippen LogP contribution < -0.4 is 0 Å². The van der Waals surface area contributed by atoms with E-state index in [4.69, 9.17) is 0 Å². The maximum absolute atomic E-state index is 11.8. The van der Waals surface area contributed by atoms with Crippen LogP contribution in [-0.4, -0.2) is 23.1 Å².